The number of rotatable bonds is 4. The fraction of sp³-hybridized carbons (Fsp3) is 0.269. The third-order valence-electron chi connectivity index (χ3n) is 5.94. The molecule has 3 aromatic rings. The van der Waals surface area contributed by atoms with Gasteiger partial charge in [0.1, 0.15) is 12.1 Å². The quantitative estimate of drug-likeness (QED) is 0.598. The van der Waals surface area contributed by atoms with Gasteiger partial charge in [-0.3, -0.25) is 14.5 Å². The van der Waals surface area contributed by atoms with Crippen LogP contribution in [0.1, 0.15) is 38.8 Å². The average molecular weight is 430 g/mol. The maximum atomic E-state index is 13.3. The Morgan fingerprint density at radius 2 is 1.62 bits per heavy atom. The maximum Gasteiger partial charge on any atom is 0.325 e. The molecule has 0 radical (unpaired) electrons. The van der Waals surface area contributed by atoms with Gasteiger partial charge in [0.2, 0.25) is 5.91 Å². The van der Waals surface area contributed by atoms with E-state index >= 15 is 0 Å². The molecule has 1 aliphatic heterocycles. The summed E-state index contributed by atoms with van der Waals surface area (Å²) in [4.78, 5) is 39.5. The zero-order valence-corrected chi connectivity index (χ0v) is 18.7. The SMILES string of the molecule is CC(C)(C)c1ccc(NC(=O)CN2C(=O)NC(C)(c3cccc4ccccc34)C2=O)cc1. The molecule has 164 valence electrons. The topological polar surface area (TPSA) is 78.5 Å². The third kappa shape index (κ3) is 3.84. The Balaban J connectivity index is 1.52. The minimum Gasteiger partial charge on any atom is -0.325 e. The summed E-state index contributed by atoms with van der Waals surface area (Å²) in [5, 5.41) is 7.42. The first-order valence-electron chi connectivity index (χ1n) is 10.6. The molecule has 0 saturated carbocycles. The van der Waals surface area contributed by atoms with Crippen LogP contribution in [0, 0.1) is 0 Å². The van der Waals surface area contributed by atoms with Gasteiger partial charge in [-0.15, -0.1) is 0 Å². The maximum absolute atomic E-state index is 13.3. The van der Waals surface area contributed by atoms with E-state index in [9.17, 15) is 14.4 Å². The van der Waals surface area contributed by atoms with E-state index in [0.717, 1.165) is 21.2 Å². The van der Waals surface area contributed by atoms with Gasteiger partial charge in [0, 0.05) is 5.69 Å². The van der Waals surface area contributed by atoms with Crippen molar-refractivity contribution in [3.05, 3.63) is 77.9 Å². The summed E-state index contributed by atoms with van der Waals surface area (Å²) >= 11 is 0. The Labute approximate surface area is 187 Å². The van der Waals surface area contributed by atoms with Crippen LogP contribution < -0.4 is 10.6 Å². The smallest absolute Gasteiger partial charge is 0.325 e. The predicted octanol–water partition coefficient (Wildman–Crippen LogP) is 4.54. The Kier molecular flexibility index (Phi) is 5.25. The number of imide groups is 1. The number of hydrogen-bond acceptors (Lipinski definition) is 3. The second-order valence-electron chi connectivity index (χ2n) is 9.35. The minimum absolute atomic E-state index is 0.00860. The van der Waals surface area contributed by atoms with Crippen molar-refractivity contribution >= 4 is 34.3 Å². The summed E-state index contributed by atoms with van der Waals surface area (Å²) in [5.74, 6) is -0.878. The Morgan fingerprint density at radius 1 is 0.969 bits per heavy atom. The normalized spacial score (nSPS) is 18.7. The van der Waals surface area contributed by atoms with E-state index in [0.29, 0.717) is 11.3 Å². The van der Waals surface area contributed by atoms with Gasteiger partial charge >= 0.3 is 6.03 Å². The van der Waals surface area contributed by atoms with E-state index < -0.39 is 23.4 Å². The van der Waals surface area contributed by atoms with Crippen molar-refractivity contribution in [1.82, 2.24) is 10.2 Å². The molecular formula is C26H27N3O3. The molecule has 1 aliphatic rings. The molecule has 1 saturated heterocycles. The predicted molar refractivity (Wildman–Crippen MR) is 125 cm³/mol. The van der Waals surface area contributed by atoms with Crippen LogP contribution in [0.4, 0.5) is 10.5 Å². The molecule has 0 bridgehead atoms. The first-order chi connectivity index (χ1) is 15.1. The number of urea groups is 1. The Morgan fingerprint density at radius 3 is 2.31 bits per heavy atom. The van der Waals surface area contributed by atoms with E-state index in [2.05, 4.69) is 31.4 Å². The van der Waals surface area contributed by atoms with Gasteiger partial charge in [0.05, 0.1) is 0 Å². The number of benzene rings is 3. The lowest BCUT2D eigenvalue weighted by molar-refractivity contribution is -0.133. The highest BCUT2D eigenvalue weighted by Crippen LogP contribution is 2.33. The summed E-state index contributed by atoms with van der Waals surface area (Å²) < 4.78 is 0. The fourth-order valence-corrected chi connectivity index (χ4v) is 4.08. The first-order valence-corrected chi connectivity index (χ1v) is 10.6. The zero-order valence-electron chi connectivity index (χ0n) is 18.7. The van der Waals surface area contributed by atoms with Crippen LogP contribution in [0.15, 0.2) is 66.7 Å². The minimum atomic E-state index is -1.24. The summed E-state index contributed by atoms with van der Waals surface area (Å²) in [6.45, 7) is 7.67. The van der Waals surface area contributed by atoms with Crippen LogP contribution in [0.5, 0.6) is 0 Å². The number of nitrogens with zero attached hydrogens (tertiary/aromatic N) is 1. The lowest BCUT2D eigenvalue weighted by Crippen LogP contribution is -2.42. The molecule has 1 atom stereocenters. The fourth-order valence-electron chi connectivity index (χ4n) is 4.08. The lowest BCUT2D eigenvalue weighted by atomic mass is 9.87. The molecule has 6 nitrogen and oxygen atoms in total. The highest BCUT2D eigenvalue weighted by molar-refractivity contribution is 6.11. The standard InChI is InChI=1S/C26H27N3O3/c1-25(2,3)18-12-14-19(15-13-18)27-22(30)16-29-23(31)26(4,28-24(29)32)21-11-7-9-17-8-5-6-10-20(17)21/h5-15H,16H2,1-4H3,(H,27,30)(H,28,32). The third-order valence-corrected chi connectivity index (χ3v) is 5.94. The van der Waals surface area contributed by atoms with Crippen molar-refractivity contribution in [3.63, 3.8) is 0 Å². The lowest BCUT2D eigenvalue weighted by Gasteiger charge is -2.24. The first kappa shape index (κ1) is 21.6. The van der Waals surface area contributed by atoms with Crippen molar-refractivity contribution < 1.29 is 14.4 Å². The van der Waals surface area contributed by atoms with Gasteiger partial charge in [-0.05, 0) is 46.4 Å². The van der Waals surface area contributed by atoms with E-state index in [4.69, 9.17) is 0 Å². The highest BCUT2D eigenvalue weighted by atomic mass is 16.2. The Bertz CT molecular complexity index is 1210. The summed E-state index contributed by atoms with van der Waals surface area (Å²) in [5.41, 5.74) is 1.23. The van der Waals surface area contributed by atoms with Crippen molar-refractivity contribution in [1.29, 1.82) is 0 Å². The monoisotopic (exact) mass is 429 g/mol. The second kappa shape index (κ2) is 7.79. The van der Waals surface area contributed by atoms with Gasteiger partial charge in [-0.2, -0.15) is 0 Å². The van der Waals surface area contributed by atoms with Gasteiger partial charge in [0.15, 0.2) is 0 Å². The number of carbonyl (C=O) groups is 3. The molecule has 32 heavy (non-hydrogen) atoms. The van der Waals surface area contributed by atoms with Crippen LogP contribution in [0.25, 0.3) is 10.8 Å². The van der Waals surface area contributed by atoms with Crippen LogP contribution in [-0.2, 0) is 20.5 Å². The Hall–Kier alpha value is -3.67. The number of amides is 4. The molecule has 1 fully saturated rings. The van der Waals surface area contributed by atoms with Crippen molar-refractivity contribution in [2.45, 2.75) is 38.6 Å². The van der Waals surface area contributed by atoms with Crippen LogP contribution in [0.2, 0.25) is 0 Å². The molecule has 4 rings (SSSR count). The summed E-state index contributed by atoms with van der Waals surface area (Å²) in [7, 11) is 0. The molecule has 3 aromatic carbocycles. The molecule has 2 N–H and O–H groups in total. The van der Waals surface area contributed by atoms with Gasteiger partial charge < -0.3 is 10.6 Å². The summed E-state index contributed by atoms with van der Waals surface area (Å²) in [6.07, 6.45) is 0. The highest BCUT2D eigenvalue weighted by Gasteiger charge is 2.50. The van der Waals surface area contributed by atoms with E-state index in [-0.39, 0.29) is 12.0 Å². The van der Waals surface area contributed by atoms with Gasteiger partial charge in [-0.25, -0.2) is 4.79 Å². The number of hydrogen-bond donors (Lipinski definition) is 2. The van der Waals surface area contributed by atoms with Crippen molar-refractivity contribution in [2.75, 3.05) is 11.9 Å². The number of carbonyl (C=O) groups excluding carboxylic acids is 3. The van der Waals surface area contributed by atoms with Gasteiger partial charge in [-0.1, -0.05) is 75.4 Å². The van der Waals surface area contributed by atoms with E-state index in [1.807, 2.05) is 66.7 Å². The molecule has 0 spiro atoms. The van der Waals surface area contributed by atoms with Crippen LogP contribution in [0.3, 0.4) is 0 Å². The number of nitrogens with one attached hydrogen (secondary N) is 2. The molecule has 0 aromatic heterocycles. The van der Waals surface area contributed by atoms with Crippen molar-refractivity contribution in [3.8, 4) is 0 Å². The molecule has 0 aliphatic carbocycles. The second-order valence-corrected chi connectivity index (χ2v) is 9.35. The molecule has 1 unspecified atom stereocenters. The molecular weight excluding hydrogens is 402 g/mol. The molecule has 6 heteroatoms. The van der Waals surface area contributed by atoms with E-state index in [1.165, 1.54) is 0 Å². The van der Waals surface area contributed by atoms with Crippen molar-refractivity contribution in [2.24, 2.45) is 0 Å². The van der Waals surface area contributed by atoms with Crippen LogP contribution in [-0.4, -0.2) is 29.3 Å². The zero-order chi connectivity index (χ0) is 23.1. The van der Waals surface area contributed by atoms with Gasteiger partial charge in [0.25, 0.3) is 5.91 Å². The number of fused-ring (bicyclic) bond motifs is 1. The average Bonchev–Trinajstić information content (AvgIpc) is 2.97. The van der Waals surface area contributed by atoms with Crippen LogP contribution >= 0.6 is 0 Å². The summed E-state index contributed by atoms with van der Waals surface area (Å²) in [6, 6.07) is 20.3. The number of anilines is 1. The molecule has 1 heterocycles. The largest absolute Gasteiger partial charge is 0.325 e. The molecule has 4 amide bonds. The van der Waals surface area contributed by atoms with E-state index in [1.54, 1.807) is 6.92 Å².